The second-order valence-electron chi connectivity index (χ2n) is 4.77. The number of carbonyl (C=O) groups is 1. The molecule has 1 N–H and O–H groups in total. The van der Waals surface area contributed by atoms with Gasteiger partial charge in [0.2, 0.25) is 0 Å². The fourth-order valence-electron chi connectivity index (χ4n) is 2.37. The first-order valence-corrected chi connectivity index (χ1v) is 7.47. The molecule has 1 aromatic heterocycles. The van der Waals surface area contributed by atoms with Crippen molar-refractivity contribution in [3.8, 4) is 0 Å². The SMILES string of the molecule is CCCCN(CC)c1nnc(CC)c(CC)c1C(=O)O. The van der Waals surface area contributed by atoms with Crippen molar-refractivity contribution in [2.75, 3.05) is 18.0 Å². The molecule has 0 radical (unpaired) electrons. The normalized spacial score (nSPS) is 10.6. The number of hydrogen-bond donors (Lipinski definition) is 1. The van der Waals surface area contributed by atoms with E-state index in [-0.39, 0.29) is 0 Å². The number of aryl methyl sites for hydroxylation is 1. The van der Waals surface area contributed by atoms with Gasteiger partial charge in [-0.15, -0.1) is 5.10 Å². The number of aromatic nitrogens is 2. The predicted octanol–water partition coefficient (Wildman–Crippen LogP) is 2.93. The Morgan fingerprint density at radius 3 is 2.30 bits per heavy atom. The summed E-state index contributed by atoms with van der Waals surface area (Å²) in [5, 5.41) is 18.0. The highest BCUT2D eigenvalue weighted by Gasteiger charge is 2.23. The monoisotopic (exact) mass is 279 g/mol. The predicted molar refractivity (Wildman–Crippen MR) is 80.5 cm³/mol. The van der Waals surface area contributed by atoms with E-state index in [0.29, 0.717) is 24.2 Å². The van der Waals surface area contributed by atoms with Crippen LogP contribution in [0.2, 0.25) is 0 Å². The molecule has 112 valence electrons. The topological polar surface area (TPSA) is 66.3 Å². The zero-order chi connectivity index (χ0) is 15.1. The van der Waals surface area contributed by atoms with Crippen LogP contribution in [-0.2, 0) is 12.8 Å². The third-order valence-corrected chi connectivity index (χ3v) is 3.50. The molecular formula is C15H25N3O2. The van der Waals surface area contributed by atoms with Gasteiger partial charge in [-0.25, -0.2) is 4.79 Å². The van der Waals surface area contributed by atoms with Crippen LogP contribution in [0.1, 0.15) is 62.2 Å². The van der Waals surface area contributed by atoms with Crippen LogP contribution in [0.3, 0.4) is 0 Å². The second kappa shape index (κ2) is 7.82. The van der Waals surface area contributed by atoms with Crippen LogP contribution in [0.4, 0.5) is 5.82 Å². The van der Waals surface area contributed by atoms with Crippen LogP contribution in [0, 0.1) is 0 Å². The highest BCUT2D eigenvalue weighted by Crippen LogP contribution is 2.24. The fourth-order valence-corrected chi connectivity index (χ4v) is 2.37. The molecule has 0 aliphatic heterocycles. The minimum Gasteiger partial charge on any atom is -0.478 e. The summed E-state index contributed by atoms with van der Waals surface area (Å²) in [6, 6.07) is 0. The van der Waals surface area contributed by atoms with Crippen LogP contribution in [0.15, 0.2) is 0 Å². The molecule has 5 nitrogen and oxygen atoms in total. The Balaban J connectivity index is 3.34. The highest BCUT2D eigenvalue weighted by molar-refractivity contribution is 5.95. The van der Waals surface area contributed by atoms with Gasteiger partial charge in [-0.05, 0) is 31.7 Å². The van der Waals surface area contributed by atoms with E-state index in [2.05, 4.69) is 17.1 Å². The first-order chi connectivity index (χ1) is 9.60. The maximum atomic E-state index is 11.7. The van der Waals surface area contributed by atoms with Gasteiger partial charge in [0.25, 0.3) is 0 Å². The number of hydrogen-bond acceptors (Lipinski definition) is 4. The van der Waals surface area contributed by atoms with Crippen LogP contribution >= 0.6 is 0 Å². The molecule has 0 aromatic carbocycles. The zero-order valence-corrected chi connectivity index (χ0v) is 12.9. The molecule has 0 spiro atoms. The molecule has 0 aliphatic rings. The summed E-state index contributed by atoms with van der Waals surface area (Å²) in [7, 11) is 0. The Hall–Kier alpha value is -1.65. The van der Waals surface area contributed by atoms with Gasteiger partial charge in [-0.1, -0.05) is 27.2 Å². The third-order valence-electron chi connectivity index (χ3n) is 3.50. The van der Waals surface area contributed by atoms with Gasteiger partial charge in [0.1, 0.15) is 5.56 Å². The number of aromatic carboxylic acids is 1. The zero-order valence-electron chi connectivity index (χ0n) is 12.9. The van der Waals surface area contributed by atoms with Crippen LogP contribution in [0.5, 0.6) is 0 Å². The first kappa shape index (κ1) is 16.4. The Kier molecular flexibility index (Phi) is 6.42. The largest absolute Gasteiger partial charge is 0.478 e. The molecule has 20 heavy (non-hydrogen) atoms. The average Bonchev–Trinajstić information content (AvgIpc) is 2.46. The lowest BCUT2D eigenvalue weighted by molar-refractivity contribution is 0.0695. The summed E-state index contributed by atoms with van der Waals surface area (Å²) >= 11 is 0. The molecule has 1 aromatic rings. The number of anilines is 1. The number of rotatable bonds is 8. The lowest BCUT2D eigenvalue weighted by atomic mass is 10.0. The minimum absolute atomic E-state index is 0.331. The van der Waals surface area contributed by atoms with E-state index in [9.17, 15) is 9.90 Å². The van der Waals surface area contributed by atoms with Crippen molar-refractivity contribution in [3.63, 3.8) is 0 Å². The van der Waals surface area contributed by atoms with E-state index in [0.717, 1.165) is 37.2 Å². The van der Waals surface area contributed by atoms with Crippen molar-refractivity contribution in [3.05, 3.63) is 16.8 Å². The average molecular weight is 279 g/mol. The van der Waals surface area contributed by atoms with Crippen molar-refractivity contribution >= 4 is 11.8 Å². The maximum absolute atomic E-state index is 11.7. The molecule has 0 saturated heterocycles. The number of nitrogens with zero attached hydrogens (tertiary/aromatic N) is 3. The molecule has 0 aliphatic carbocycles. The summed E-state index contributed by atoms with van der Waals surface area (Å²) in [5.74, 6) is -0.390. The molecule has 5 heteroatoms. The number of carboxylic acids is 1. The second-order valence-corrected chi connectivity index (χ2v) is 4.77. The van der Waals surface area contributed by atoms with Gasteiger partial charge < -0.3 is 10.0 Å². The molecule has 0 saturated carbocycles. The molecule has 0 atom stereocenters. The molecule has 0 unspecified atom stereocenters. The number of unbranched alkanes of at least 4 members (excludes halogenated alkanes) is 1. The van der Waals surface area contributed by atoms with Gasteiger partial charge in [0, 0.05) is 13.1 Å². The van der Waals surface area contributed by atoms with Crippen LogP contribution in [-0.4, -0.2) is 34.4 Å². The third kappa shape index (κ3) is 3.46. The quantitative estimate of drug-likeness (QED) is 0.792. The summed E-state index contributed by atoms with van der Waals surface area (Å²) in [6.45, 7) is 9.63. The van der Waals surface area contributed by atoms with Crippen LogP contribution < -0.4 is 4.90 Å². The standard InChI is InChI=1S/C15H25N3O2/c1-5-9-10-18(8-4)14-13(15(19)20)11(6-2)12(7-3)16-17-14/h5-10H2,1-4H3,(H,19,20). The Morgan fingerprint density at radius 2 is 1.85 bits per heavy atom. The van der Waals surface area contributed by atoms with Crippen molar-refractivity contribution in [2.24, 2.45) is 0 Å². The Morgan fingerprint density at radius 1 is 1.15 bits per heavy atom. The van der Waals surface area contributed by atoms with Gasteiger partial charge in [-0.3, -0.25) is 0 Å². The van der Waals surface area contributed by atoms with E-state index in [4.69, 9.17) is 0 Å². The molecule has 0 bridgehead atoms. The van der Waals surface area contributed by atoms with E-state index in [1.165, 1.54) is 0 Å². The van der Waals surface area contributed by atoms with E-state index >= 15 is 0 Å². The lowest BCUT2D eigenvalue weighted by Gasteiger charge is -2.24. The van der Waals surface area contributed by atoms with Crippen molar-refractivity contribution in [2.45, 2.75) is 53.4 Å². The van der Waals surface area contributed by atoms with E-state index in [1.807, 2.05) is 25.7 Å². The number of carboxylic acid groups (broad SMARTS) is 1. The molecule has 1 rings (SSSR count). The smallest absolute Gasteiger partial charge is 0.339 e. The van der Waals surface area contributed by atoms with Crippen molar-refractivity contribution < 1.29 is 9.90 Å². The molecule has 0 fully saturated rings. The minimum atomic E-state index is -0.906. The first-order valence-electron chi connectivity index (χ1n) is 7.47. The Labute approximate surface area is 121 Å². The maximum Gasteiger partial charge on any atom is 0.339 e. The van der Waals surface area contributed by atoms with Gasteiger partial charge in [0.15, 0.2) is 5.82 Å². The molecule has 0 amide bonds. The summed E-state index contributed by atoms with van der Waals surface area (Å²) in [6.07, 6.45) is 3.46. The van der Waals surface area contributed by atoms with Gasteiger partial charge in [-0.2, -0.15) is 5.10 Å². The van der Waals surface area contributed by atoms with Gasteiger partial charge in [0.05, 0.1) is 5.69 Å². The highest BCUT2D eigenvalue weighted by atomic mass is 16.4. The van der Waals surface area contributed by atoms with E-state index < -0.39 is 5.97 Å². The molecular weight excluding hydrogens is 254 g/mol. The Bertz CT molecular complexity index is 461. The fraction of sp³-hybridized carbons (Fsp3) is 0.667. The van der Waals surface area contributed by atoms with Crippen LogP contribution in [0.25, 0.3) is 0 Å². The van der Waals surface area contributed by atoms with Crippen molar-refractivity contribution in [1.82, 2.24) is 10.2 Å². The summed E-state index contributed by atoms with van der Waals surface area (Å²) < 4.78 is 0. The van der Waals surface area contributed by atoms with Gasteiger partial charge >= 0.3 is 5.97 Å². The van der Waals surface area contributed by atoms with E-state index in [1.54, 1.807) is 0 Å². The summed E-state index contributed by atoms with van der Waals surface area (Å²) in [4.78, 5) is 13.7. The lowest BCUT2D eigenvalue weighted by Crippen LogP contribution is -2.28. The molecule has 1 heterocycles. The summed E-state index contributed by atoms with van der Waals surface area (Å²) in [5.41, 5.74) is 1.94. The van der Waals surface area contributed by atoms with Crippen molar-refractivity contribution in [1.29, 1.82) is 0 Å².